The van der Waals surface area contributed by atoms with Crippen LogP contribution in [-0.4, -0.2) is 48.0 Å². The molecule has 9 nitrogen and oxygen atoms in total. The number of nitriles is 1. The number of aryl methyl sites for hydroxylation is 1. The molecule has 0 fully saturated rings. The van der Waals surface area contributed by atoms with Gasteiger partial charge in [0.1, 0.15) is 24.2 Å². The Morgan fingerprint density at radius 2 is 1.98 bits per heavy atom. The first-order valence-electron chi connectivity index (χ1n) is 13.0. The third kappa shape index (κ3) is 7.51. The number of amides is 1. The van der Waals surface area contributed by atoms with Gasteiger partial charge in [0.15, 0.2) is 0 Å². The van der Waals surface area contributed by atoms with E-state index in [0.717, 1.165) is 11.3 Å². The van der Waals surface area contributed by atoms with Crippen LogP contribution in [0.25, 0.3) is 10.9 Å². The van der Waals surface area contributed by atoms with E-state index in [1.807, 2.05) is 51.0 Å². The fourth-order valence-electron chi connectivity index (χ4n) is 4.01. The van der Waals surface area contributed by atoms with E-state index in [-0.39, 0.29) is 12.5 Å². The zero-order valence-electron chi connectivity index (χ0n) is 23.4. The van der Waals surface area contributed by atoms with Crippen molar-refractivity contribution in [3.8, 4) is 17.6 Å². The van der Waals surface area contributed by atoms with E-state index in [2.05, 4.69) is 26.7 Å². The first kappa shape index (κ1) is 29.3. The number of rotatable bonds is 11. The van der Waals surface area contributed by atoms with Gasteiger partial charge in [-0.25, -0.2) is 0 Å². The largest absolute Gasteiger partial charge is 0.492 e. The Balaban J connectivity index is 1.64. The molecule has 0 bridgehead atoms. The summed E-state index contributed by atoms with van der Waals surface area (Å²) in [7, 11) is 3.84. The van der Waals surface area contributed by atoms with Gasteiger partial charge in [-0.1, -0.05) is 23.7 Å². The summed E-state index contributed by atoms with van der Waals surface area (Å²) in [5.41, 5.74) is 4.41. The number of ether oxygens (including phenoxy) is 2. The number of carbonyl (C=O) groups excluding carboxylic acids is 1. The number of hydrogen-bond acceptors (Lipinski definition) is 8. The van der Waals surface area contributed by atoms with Gasteiger partial charge in [0.25, 0.3) is 0 Å². The zero-order valence-corrected chi connectivity index (χ0v) is 24.1. The van der Waals surface area contributed by atoms with E-state index >= 15 is 0 Å². The standard InChI is InChI=1S/C31H31ClN6O3/c1-5-40-29-16-25-23(15-26(29)37-30(39)9-7-13-38(3)4)31(21(17-33)18-35-25)36-22-10-11-28(24(32)14-22)41-19-27-20(2)8-6-12-34-27/h6-12,14-16,18H,5,13,19H2,1-4H3,(H,35,36)(H,37,39)/b9-7+. The van der Waals surface area contributed by atoms with Crippen LogP contribution in [0.5, 0.6) is 11.5 Å². The highest BCUT2D eigenvalue weighted by Gasteiger charge is 2.16. The summed E-state index contributed by atoms with van der Waals surface area (Å²) in [6.07, 6.45) is 6.47. The Kier molecular flexibility index (Phi) is 9.74. The van der Waals surface area contributed by atoms with Crippen LogP contribution in [0.1, 0.15) is 23.7 Å². The van der Waals surface area contributed by atoms with Crippen LogP contribution in [-0.2, 0) is 11.4 Å². The summed E-state index contributed by atoms with van der Waals surface area (Å²) in [5, 5.41) is 17.1. The number of likely N-dealkylation sites (N-methyl/N-ethyl adjacent to an activating group) is 1. The molecule has 0 spiro atoms. The highest BCUT2D eigenvalue weighted by atomic mass is 35.5. The van der Waals surface area contributed by atoms with Gasteiger partial charge in [-0.3, -0.25) is 14.8 Å². The Bertz CT molecular complexity index is 1630. The van der Waals surface area contributed by atoms with Crippen molar-refractivity contribution < 1.29 is 14.3 Å². The number of nitrogens with one attached hydrogen (secondary N) is 2. The number of fused-ring (bicyclic) bond motifs is 1. The van der Waals surface area contributed by atoms with E-state index in [4.69, 9.17) is 21.1 Å². The predicted octanol–water partition coefficient (Wildman–Crippen LogP) is 6.24. The van der Waals surface area contributed by atoms with E-state index < -0.39 is 0 Å². The molecule has 1 amide bonds. The van der Waals surface area contributed by atoms with E-state index in [9.17, 15) is 10.1 Å². The lowest BCUT2D eigenvalue weighted by atomic mass is 10.1. The highest BCUT2D eigenvalue weighted by molar-refractivity contribution is 6.32. The van der Waals surface area contributed by atoms with Crippen LogP contribution in [0.2, 0.25) is 5.02 Å². The van der Waals surface area contributed by atoms with Crippen molar-refractivity contribution in [3.63, 3.8) is 0 Å². The molecule has 2 aromatic carbocycles. The number of carbonyl (C=O) groups is 1. The SMILES string of the molecule is CCOc1cc2ncc(C#N)c(Nc3ccc(OCc4ncccc4C)c(Cl)c3)c2cc1NC(=O)/C=C/CN(C)C. The molecule has 2 N–H and O–H groups in total. The first-order chi connectivity index (χ1) is 19.8. The van der Waals surface area contributed by atoms with Gasteiger partial charge in [0.2, 0.25) is 5.91 Å². The molecule has 0 unspecified atom stereocenters. The third-order valence-electron chi connectivity index (χ3n) is 6.07. The molecule has 2 heterocycles. The lowest BCUT2D eigenvalue weighted by molar-refractivity contribution is -0.111. The third-order valence-corrected chi connectivity index (χ3v) is 6.37. The number of benzene rings is 2. The molecular formula is C31H31ClN6O3. The van der Waals surface area contributed by atoms with Crippen LogP contribution in [0, 0.1) is 18.3 Å². The normalized spacial score (nSPS) is 11.0. The van der Waals surface area contributed by atoms with Gasteiger partial charge in [-0.05, 0) is 63.8 Å². The summed E-state index contributed by atoms with van der Waals surface area (Å²) in [4.78, 5) is 23.4. The molecular weight excluding hydrogens is 540 g/mol. The Labute approximate surface area is 244 Å². The van der Waals surface area contributed by atoms with Crippen LogP contribution < -0.4 is 20.1 Å². The summed E-state index contributed by atoms with van der Waals surface area (Å²) < 4.78 is 11.7. The summed E-state index contributed by atoms with van der Waals surface area (Å²) in [6.45, 7) is 5.15. The van der Waals surface area contributed by atoms with Crippen molar-refractivity contribution in [2.75, 3.05) is 37.9 Å². The van der Waals surface area contributed by atoms with Crippen molar-refractivity contribution in [1.29, 1.82) is 5.26 Å². The van der Waals surface area contributed by atoms with Crippen LogP contribution in [0.15, 0.2) is 67.0 Å². The molecule has 0 aliphatic heterocycles. The monoisotopic (exact) mass is 570 g/mol. The molecule has 10 heteroatoms. The van der Waals surface area contributed by atoms with Crippen molar-refractivity contribution in [2.24, 2.45) is 0 Å². The number of halogens is 1. The minimum absolute atomic E-state index is 0.285. The smallest absolute Gasteiger partial charge is 0.248 e. The average molecular weight is 571 g/mol. The maximum absolute atomic E-state index is 12.6. The maximum atomic E-state index is 12.6. The second kappa shape index (κ2) is 13.6. The molecule has 4 aromatic rings. The second-order valence-corrected chi connectivity index (χ2v) is 9.84. The number of pyridine rings is 2. The number of aromatic nitrogens is 2. The van der Waals surface area contributed by atoms with Crippen LogP contribution >= 0.6 is 11.6 Å². The molecule has 0 saturated heterocycles. The Morgan fingerprint density at radius 1 is 1.15 bits per heavy atom. The molecule has 0 aliphatic rings. The number of nitrogens with zero attached hydrogens (tertiary/aromatic N) is 4. The summed E-state index contributed by atoms with van der Waals surface area (Å²) in [5.74, 6) is 0.690. The summed E-state index contributed by atoms with van der Waals surface area (Å²) in [6, 6.07) is 14.8. The fourth-order valence-corrected chi connectivity index (χ4v) is 4.25. The molecule has 0 atom stereocenters. The lowest BCUT2D eigenvalue weighted by Gasteiger charge is -2.16. The molecule has 4 rings (SSSR count). The lowest BCUT2D eigenvalue weighted by Crippen LogP contribution is -2.13. The van der Waals surface area contributed by atoms with Crippen molar-refractivity contribution >= 4 is 45.5 Å². The first-order valence-corrected chi connectivity index (χ1v) is 13.4. The summed E-state index contributed by atoms with van der Waals surface area (Å²) >= 11 is 6.56. The van der Waals surface area contributed by atoms with Crippen molar-refractivity contribution in [1.82, 2.24) is 14.9 Å². The molecule has 41 heavy (non-hydrogen) atoms. The Morgan fingerprint density at radius 3 is 2.68 bits per heavy atom. The second-order valence-electron chi connectivity index (χ2n) is 9.44. The minimum atomic E-state index is -0.297. The van der Waals surface area contributed by atoms with Gasteiger partial charge >= 0.3 is 0 Å². The van der Waals surface area contributed by atoms with Gasteiger partial charge in [0, 0.05) is 42.2 Å². The molecule has 0 saturated carbocycles. The number of anilines is 3. The Hall–Kier alpha value is -4.65. The maximum Gasteiger partial charge on any atom is 0.248 e. The van der Waals surface area contributed by atoms with Gasteiger partial charge in [-0.15, -0.1) is 0 Å². The molecule has 0 aliphatic carbocycles. The fraction of sp³-hybridized carbons (Fsp3) is 0.226. The van der Waals surface area contributed by atoms with E-state index in [0.29, 0.717) is 63.2 Å². The minimum Gasteiger partial charge on any atom is -0.492 e. The highest BCUT2D eigenvalue weighted by Crippen LogP contribution is 2.37. The molecule has 0 radical (unpaired) electrons. The average Bonchev–Trinajstić information content (AvgIpc) is 2.94. The van der Waals surface area contributed by atoms with Crippen molar-refractivity contribution in [3.05, 3.63) is 88.9 Å². The van der Waals surface area contributed by atoms with Gasteiger partial charge in [-0.2, -0.15) is 5.26 Å². The van der Waals surface area contributed by atoms with Crippen LogP contribution in [0.4, 0.5) is 17.1 Å². The van der Waals surface area contributed by atoms with Crippen LogP contribution in [0.3, 0.4) is 0 Å². The van der Waals surface area contributed by atoms with Gasteiger partial charge < -0.3 is 25.0 Å². The van der Waals surface area contributed by atoms with Gasteiger partial charge in [0.05, 0.1) is 39.8 Å². The topological polar surface area (TPSA) is 112 Å². The molecule has 210 valence electrons. The van der Waals surface area contributed by atoms with Crippen molar-refractivity contribution in [2.45, 2.75) is 20.5 Å². The quantitative estimate of drug-likeness (QED) is 0.204. The zero-order chi connectivity index (χ0) is 29.4. The molecule has 2 aromatic heterocycles. The van der Waals surface area contributed by atoms with E-state index in [1.54, 1.807) is 36.5 Å². The van der Waals surface area contributed by atoms with E-state index in [1.165, 1.54) is 12.3 Å². The number of hydrogen-bond donors (Lipinski definition) is 2. The predicted molar refractivity (Wildman–Crippen MR) is 162 cm³/mol.